The van der Waals surface area contributed by atoms with Gasteiger partial charge in [0.15, 0.2) is 5.60 Å². The molecule has 2 aliphatic heterocycles. The SMILES string of the molecule is CCC(=O)N[C@H]1CCc2c(C)c(F)cc3nc4c(c1c23)Cn1c-4cc2c(c1=O)COC(=O)[C@]2(O)CC. The van der Waals surface area contributed by atoms with Gasteiger partial charge in [-0.15, -0.1) is 0 Å². The molecule has 0 radical (unpaired) electrons. The lowest BCUT2D eigenvalue weighted by molar-refractivity contribution is -0.172. The lowest BCUT2D eigenvalue weighted by atomic mass is 9.81. The van der Waals surface area contributed by atoms with Crippen molar-refractivity contribution in [1.29, 1.82) is 0 Å². The Bertz CT molecular complexity index is 1580. The Morgan fingerprint density at radius 3 is 2.78 bits per heavy atom. The van der Waals surface area contributed by atoms with Gasteiger partial charge in [-0.25, -0.2) is 14.2 Å². The fraction of sp³-hybridized carbons (Fsp3) is 0.407. The summed E-state index contributed by atoms with van der Waals surface area (Å²) < 4.78 is 21.6. The van der Waals surface area contributed by atoms with Crippen molar-refractivity contribution < 1.29 is 23.8 Å². The topological polar surface area (TPSA) is 111 Å². The molecule has 0 spiro atoms. The van der Waals surface area contributed by atoms with Crippen molar-refractivity contribution in [2.24, 2.45) is 0 Å². The average molecular weight is 492 g/mol. The summed E-state index contributed by atoms with van der Waals surface area (Å²) in [6.45, 7) is 5.21. The van der Waals surface area contributed by atoms with Gasteiger partial charge in [-0.3, -0.25) is 9.59 Å². The molecular weight excluding hydrogens is 465 g/mol. The number of pyridine rings is 2. The van der Waals surface area contributed by atoms with E-state index >= 15 is 0 Å². The predicted octanol–water partition coefficient (Wildman–Crippen LogP) is 3.04. The molecule has 6 rings (SSSR count). The van der Waals surface area contributed by atoms with Crippen LogP contribution in [0.4, 0.5) is 4.39 Å². The van der Waals surface area contributed by atoms with Gasteiger partial charge in [0, 0.05) is 29.0 Å². The van der Waals surface area contributed by atoms with E-state index in [0.29, 0.717) is 41.7 Å². The Morgan fingerprint density at radius 1 is 1.28 bits per heavy atom. The summed E-state index contributed by atoms with van der Waals surface area (Å²) in [6, 6.07) is 2.75. The maximum Gasteiger partial charge on any atom is 0.343 e. The Kier molecular flexibility index (Phi) is 4.89. The van der Waals surface area contributed by atoms with Crippen molar-refractivity contribution in [2.45, 2.75) is 71.2 Å². The summed E-state index contributed by atoms with van der Waals surface area (Å²) in [5.74, 6) is -1.23. The number of aryl methyl sites for hydroxylation is 1. The van der Waals surface area contributed by atoms with E-state index in [0.717, 1.165) is 22.1 Å². The molecule has 0 fully saturated rings. The number of aromatic nitrogens is 2. The number of amides is 1. The first-order valence-electron chi connectivity index (χ1n) is 12.3. The average Bonchev–Trinajstić information content (AvgIpc) is 3.24. The number of aliphatic hydroxyl groups is 1. The van der Waals surface area contributed by atoms with Gasteiger partial charge < -0.3 is 19.7 Å². The van der Waals surface area contributed by atoms with Crippen LogP contribution in [0.2, 0.25) is 0 Å². The van der Waals surface area contributed by atoms with Gasteiger partial charge in [0.2, 0.25) is 5.91 Å². The van der Waals surface area contributed by atoms with Crippen molar-refractivity contribution in [3.05, 3.63) is 61.7 Å². The third kappa shape index (κ3) is 2.89. The molecule has 0 bridgehead atoms. The number of nitrogens with one attached hydrogen (secondary N) is 1. The van der Waals surface area contributed by atoms with E-state index < -0.39 is 11.6 Å². The summed E-state index contributed by atoms with van der Waals surface area (Å²) in [6.07, 6.45) is 1.59. The van der Waals surface area contributed by atoms with Crippen molar-refractivity contribution >= 4 is 22.8 Å². The number of hydrogen-bond acceptors (Lipinski definition) is 6. The molecule has 8 nitrogen and oxygen atoms in total. The smallest absolute Gasteiger partial charge is 0.343 e. The van der Waals surface area contributed by atoms with E-state index in [2.05, 4.69) is 5.32 Å². The van der Waals surface area contributed by atoms with Crippen LogP contribution in [-0.2, 0) is 39.5 Å². The third-order valence-electron chi connectivity index (χ3n) is 8.03. The van der Waals surface area contributed by atoms with E-state index in [1.807, 2.05) is 0 Å². The number of carbonyl (C=O) groups excluding carboxylic acids is 2. The van der Waals surface area contributed by atoms with Crippen LogP contribution in [0.25, 0.3) is 22.3 Å². The molecule has 0 saturated carbocycles. The molecule has 0 saturated heterocycles. The highest BCUT2D eigenvalue weighted by molar-refractivity contribution is 5.94. The van der Waals surface area contributed by atoms with Gasteiger partial charge >= 0.3 is 5.97 Å². The zero-order valence-corrected chi connectivity index (χ0v) is 20.3. The van der Waals surface area contributed by atoms with Crippen LogP contribution in [0.3, 0.4) is 0 Å². The minimum absolute atomic E-state index is 0.0456. The third-order valence-corrected chi connectivity index (χ3v) is 8.03. The van der Waals surface area contributed by atoms with Crippen LogP contribution in [0.5, 0.6) is 0 Å². The Morgan fingerprint density at radius 2 is 2.06 bits per heavy atom. The number of halogens is 1. The van der Waals surface area contributed by atoms with Gasteiger partial charge in [0.05, 0.1) is 35.1 Å². The molecule has 1 amide bonds. The number of nitrogens with zero attached hydrogens (tertiary/aromatic N) is 2. The molecule has 2 N–H and O–H groups in total. The summed E-state index contributed by atoms with van der Waals surface area (Å²) in [5, 5.41) is 15.1. The molecule has 186 valence electrons. The normalized spacial score (nSPS) is 21.6. The number of ether oxygens (including phenoxy) is 1. The largest absolute Gasteiger partial charge is 0.458 e. The number of benzene rings is 1. The molecule has 2 atom stereocenters. The highest BCUT2D eigenvalue weighted by Crippen LogP contribution is 2.45. The predicted molar refractivity (Wildman–Crippen MR) is 129 cm³/mol. The first kappa shape index (κ1) is 22.8. The van der Waals surface area contributed by atoms with E-state index in [4.69, 9.17) is 9.72 Å². The molecule has 1 aromatic carbocycles. The van der Waals surface area contributed by atoms with Crippen LogP contribution in [0.15, 0.2) is 16.9 Å². The van der Waals surface area contributed by atoms with Crippen molar-refractivity contribution in [3.8, 4) is 11.4 Å². The second kappa shape index (κ2) is 7.70. The van der Waals surface area contributed by atoms with Gasteiger partial charge in [-0.05, 0) is 48.9 Å². The zero-order valence-electron chi connectivity index (χ0n) is 20.3. The van der Waals surface area contributed by atoms with Crippen molar-refractivity contribution in [2.75, 3.05) is 0 Å². The monoisotopic (exact) mass is 491 g/mol. The maximum atomic E-state index is 14.9. The summed E-state index contributed by atoms with van der Waals surface area (Å²) in [7, 11) is 0. The quantitative estimate of drug-likeness (QED) is 0.426. The van der Waals surface area contributed by atoms with Gasteiger partial charge in [-0.2, -0.15) is 0 Å². The van der Waals surface area contributed by atoms with E-state index in [1.165, 1.54) is 6.07 Å². The standard InChI is InChI=1S/C27H26FN3O5/c1-4-21(32)29-18-7-6-13-12(3)17(28)9-19-22(13)23(18)14-10-31-20(24(14)30-19)8-16-15(25(31)33)11-36-26(34)27(16,35)5-2/h8-9,18,35H,4-7,10-11H2,1-3H3,(H,29,32)/t18-,27-/m0/s1. The number of esters is 1. The molecular formula is C27H26FN3O5. The van der Waals surface area contributed by atoms with Gasteiger partial charge in [-0.1, -0.05) is 13.8 Å². The van der Waals surface area contributed by atoms with Crippen LogP contribution < -0.4 is 10.9 Å². The number of cyclic esters (lactones) is 1. The van der Waals surface area contributed by atoms with Crippen molar-refractivity contribution in [3.63, 3.8) is 0 Å². The molecule has 0 unspecified atom stereocenters. The fourth-order valence-corrected chi connectivity index (χ4v) is 6.00. The van der Waals surface area contributed by atoms with Crippen LogP contribution in [-0.4, -0.2) is 26.5 Å². The van der Waals surface area contributed by atoms with E-state index in [1.54, 1.807) is 31.4 Å². The highest BCUT2D eigenvalue weighted by atomic mass is 19.1. The fourth-order valence-electron chi connectivity index (χ4n) is 6.00. The van der Waals surface area contributed by atoms with Gasteiger partial charge in [0.25, 0.3) is 5.56 Å². The molecule has 1 aliphatic carbocycles. The van der Waals surface area contributed by atoms with E-state index in [-0.39, 0.29) is 54.0 Å². The first-order valence-corrected chi connectivity index (χ1v) is 12.3. The van der Waals surface area contributed by atoms with Gasteiger partial charge in [0.1, 0.15) is 12.4 Å². The molecule has 36 heavy (non-hydrogen) atoms. The summed E-state index contributed by atoms with van der Waals surface area (Å²) in [4.78, 5) is 43.2. The minimum atomic E-state index is -1.93. The van der Waals surface area contributed by atoms with Crippen LogP contribution in [0, 0.1) is 12.7 Å². The molecule has 4 heterocycles. The van der Waals surface area contributed by atoms with E-state index in [9.17, 15) is 23.9 Å². The Hall–Kier alpha value is -3.59. The second-order valence-electron chi connectivity index (χ2n) is 9.82. The number of rotatable bonds is 3. The second-order valence-corrected chi connectivity index (χ2v) is 9.82. The molecule has 3 aromatic rings. The number of fused-ring (bicyclic) bond motifs is 5. The minimum Gasteiger partial charge on any atom is -0.458 e. The van der Waals surface area contributed by atoms with Crippen LogP contribution in [0.1, 0.15) is 72.5 Å². The summed E-state index contributed by atoms with van der Waals surface area (Å²) >= 11 is 0. The lowest BCUT2D eigenvalue weighted by Crippen LogP contribution is -2.44. The lowest BCUT2D eigenvalue weighted by Gasteiger charge is -2.31. The zero-order chi connectivity index (χ0) is 25.5. The molecule has 2 aromatic heterocycles. The first-order chi connectivity index (χ1) is 17.2. The Balaban J connectivity index is 1.66. The number of hydrogen-bond donors (Lipinski definition) is 2. The summed E-state index contributed by atoms with van der Waals surface area (Å²) in [5.41, 5.74) is 2.71. The highest BCUT2D eigenvalue weighted by Gasteiger charge is 2.46. The van der Waals surface area contributed by atoms with Crippen molar-refractivity contribution in [1.82, 2.24) is 14.9 Å². The number of carbonyl (C=O) groups is 2. The van der Waals surface area contributed by atoms with Crippen LogP contribution >= 0.6 is 0 Å². The Labute approximate surface area is 206 Å². The molecule has 3 aliphatic rings. The maximum absolute atomic E-state index is 14.9. The molecule has 9 heteroatoms.